The summed E-state index contributed by atoms with van der Waals surface area (Å²) in [5.41, 5.74) is 12.7. The topological polar surface area (TPSA) is 126 Å². The van der Waals surface area contributed by atoms with Gasteiger partial charge in [-0.3, -0.25) is 14.6 Å². The van der Waals surface area contributed by atoms with Crippen LogP contribution in [0.25, 0.3) is 16.8 Å². The number of nitrogens with zero attached hydrogens (tertiary/aromatic N) is 3. The summed E-state index contributed by atoms with van der Waals surface area (Å²) in [5.74, 6) is -0.0839. The standard InChI is InChI=1S/C20H17F2N5O3/c1-25-9-12-8-13(4-7-15(12)23)27-19(29)17(18(24)16(10-28)26-27)11-2-5-14(6-3-11)30-20(21)22/h2-10,20H,23-24H2,1H3. The molecule has 10 heteroatoms. The Labute approximate surface area is 169 Å². The van der Waals surface area contributed by atoms with Gasteiger partial charge in [-0.1, -0.05) is 12.1 Å². The van der Waals surface area contributed by atoms with Crippen LogP contribution in [0, 0.1) is 0 Å². The van der Waals surface area contributed by atoms with Gasteiger partial charge in [-0.2, -0.15) is 18.6 Å². The Hall–Kier alpha value is -4.08. The molecule has 3 rings (SSSR count). The van der Waals surface area contributed by atoms with E-state index in [9.17, 15) is 18.4 Å². The van der Waals surface area contributed by atoms with Crippen molar-refractivity contribution in [1.82, 2.24) is 9.78 Å². The van der Waals surface area contributed by atoms with Crippen LogP contribution in [0.3, 0.4) is 0 Å². The molecule has 0 saturated heterocycles. The van der Waals surface area contributed by atoms with Gasteiger partial charge < -0.3 is 16.2 Å². The molecular formula is C20H17F2N5O3. The SMILES string of the molecule is CN=Cc1cc(-n2nc(C=O)c(N)c(-c3ccc(OC(F)F)cc3)c2=O)ccc1N. The predicted molar refractivity (Wildman–Crippen MR) is 110 cm³/mol. The Bertz CT molecular complexity index is 1170. The van der Waals surface area contributed by atoms with Gasteiger partial charge in [0.1, 0.15) is 11.4 Å². The second-order valence-corrected chi connectivity index (χ2v) is 6.11. The van der Waals surface area contributed by atoms with E-state index in [0.29, 0.717) is 28.8 Å². The second kappa shape index (κ2) is 8.52. The van der Waals surface area contributed by atoms with Crippen molar-refractivity contribution in [3.05, 3.63) is 64.1 Å². The molecule has 0 spiro atoms. The number of ether oxygens (including phenoxy) is 1. The minimum absolute atomic E-state index is 0.00164. The molecule has 154 valence electrons. The molecular weight excluding hydrogens is 396 g/mol. The molecule has 0 unspecified atom stereocenters. The number of carbonyl (C=O) groups excluding carboxylic acids is 1. The fourth-order valence-corrected chi connectivity index (χ4v) is 2.85. The molecule has 2 aromatic carbocycles. The van der Waals surface area contributed by atoms with E-state index in [2.05, 4.69) is 14.8 Å². The van der Waals surface area contributed by atoms with Crippen LogP contribution in [-0.4, -0.2) is 35.9 Å². The largest absolute Gasteiger partial charge is 0.435 e. The van der Waals surface area contributed by atoms with Gasteiger partial charge in [-0.25, -0.2) is 0 Å². The fraction of sp³-hybridized carbons (Fsp3) is 0.100. The molecule has 0 atom stereocenters. The zero-order valence-corrected chi connectivity index (χ0v) is 15.8. The van der Waals surface area contributed by atoms with E-state index in [1.165, 1.54) is 30.5 Å². The van der Waals surface area contributed by atoms with Crippen molar-refractivity contribution in [3.8, 4) is 22.6 Å². The molecule has 0 amide bonds. The molecule has 30 heavy (non-hydrogen) atoms. The molecule has 0 aliphatic rings. The number of hydrogen-bond acceptors (Lipinski definition) is 7. The number of benzene rings is 2. The van der Waals surface area contributed by atoms with E-state index in [0.717, 1.165) is 4.68 Å². The lowest BCUT2D eigenvalue weighted by atomic mass is 10.0. The molecule has 1 aromatic heterocycles. The van der Waals surface area contributed by atoms with Crippen molar-refractivity contribution >= 4 is 23.9 Å². The minimum atomic E-state index is -2.98. The van der Waals surface area contributed by atoms with Gasteiger partial charge in [0, 0.05) is 24.5 Å². The number of anilines is 2. The van der Waals surface area contributed by atoms with Crippen LogP contribution >= 0.6 is 0 Å². The summed E-state index contributed by atoms with van der Waals surface area (Å²) in [6, 6.07) is 10.0. The quantitative estimate of drug-likeness (QED) is 0.363. The predicted octanol–water partition coefficient (Wildman–Crippen LogP) is 2.53. The van der Waals surface area contributed by atoms with E-state index in [1.807, 2.05) is 0 Å². The smallest absolute Gasteiger partial charge is 0.387 e. The maximum Gasteiger partial charge on any atom is 0.387 e. The van der Waals surface area contributed by atoms with Crippen molar-refractivity contribution in [3.63, 3.8) is 0 Å². The lowest BCUT2D eigenvalue weighted by Gasteiger charge is -2.13. The Morgan fingerprint density at radius 3 is 2.47 bits per heavy atom. The van der Waals surface area contributed by atoms with E-state index in [1.54, 1.807) is 25.2 Å². The van der Waals surface area contributed by atoms with Gasteiger partial charge in [-0.15, -0.1) is 0 Å². The number of nitrogens with two attached hydrogens (primary N) is 2. The third-order valence-electron chi connectivity index (χ3n) is 4.22. The van der Waals surface area contributed by atoms with E-state index < -0.39 is 12.2 Å². The van der Waals surface area contributed by atoms with Crippen LogP contribution in [0.15, 0.2) is 52.3 Å². The zero-order valence-electron chi connectivity index (χ0n) is 15.8. The first kappa shape index (κ1) is 20.6. The number of halogens is 2. The molecule has 0 bridgehead atoms. The Balaban J connectivity index is 2.20. The normalized spacial score (nSPS) is 11.2. The first-order chi connectivity index (χ1) is 14.3. The highest BCUT2D eigenvalue weighted by Gasteiger charge is 2.18. The fourth-order valence-electron chi connectivity index (χ4n) is 2.85. The van der Waals surface area contributed by atoms with Crippen molar-refractivity contribution in [2.75, 3.05) is 18.5 Å². The van der Waals surface area contributed by atoms with Gasteiger partial charge in [0.05, 0.1) is 16.9 Å². The molecule has 0 fully saturated rings. The van der Waals surface area contributed by atoms with Crippen molar-refractivity contribution in [1.29, 1.82) is 0 Å². The first-order valence-electron chi connectivity index (χ1n) is 8.61. The maximum atomic E-state index is 13.2. The van der Waals surface area contributed by atoms with Gasteiger partial charge in [0.25, 0.3) is 5.56 Å². The Kier molecular flexibility index (Phi) is 5.86. The summed E-state index contributed by atoms with van der Waals surface area (Å²) in [7, 11) is 1.57. The molecule has 4 N–H and O–H groups in total. The van der Waals surface area contributed by atoms with Crippen LogP contribution in [0.5, 0.6) is 5.75 Å². The number of aliphatic imine (C=N–C) groups is 1. The molecule has 1 heterocycles. The lowest BCUT2D eigenvalue weighted by Crippen LogP contribution is -2.26. The molecule has 0 radical (unpaired) electrons. The Morgan fingerprint density at radius 1 is 1.17 bits per heavy atom. The highest BCUT2D eigenvalue weighted by molar-refractivity contribution is 5.89. The van der Waals surface area contributed by atoms with Crippen LogP contribution in [-0.2, 0) is 0 Å². The second-order valence-electron chi connectivity index (χ2n) is 6.11. The van der Waals surface area contributed by atoms with Crippen LogP contribution in [0.4, 0.5) is 20.2 Å². The van der Waals surface area contributed by atoms with Gasteiger partial charge in [0.15, 0.2) is 6.29 Å². The average molecular weight is 413 g/mol. The summed E-state index contributed by atoms with van der Waals surface area (Å²) in [5, 5.41) is 4.04. The van der Waals surface area contributed by atoms with Gasteiger partial charge in [0.2, 0.25) is 0 Å². The summed E-state index contributed by atoms with van der Waals surface area (Å²) in [6.07, 6.45) is 1.94. The first-order valence-corrected chi connectivity index (χ1v) is 8.61. The highest BCUT2D eigenvalue weighted by atomic mass is 19.3. The third-order valence-corrected chi connectivity index (χ3v) is 4.22. The van der Waals surface area contributed by atoms with Crippen molar-refractivity contribution < 1.29 is 18.3 Å². The van der Waals surface area contributed by atoms with E-state index in [-0.39, 0.29) is 22.7 Å². The molecule has 0 aliphatic heterocycles. The summed E-state index contributed by atoms with van der Waals surface area (Å²) < 4.78 is 30.1. The van der Waals surface area contributed by atoms with E-state index >= 15 is 0 Å². The number of aldehydes is 1. The summed E-state index contributed by atoms with van der Waals surface area (Å²) in [6.45, 7) is -2.98. The number of alkyl halides is 2. The lowest BCUT2D eigenvalue weighted by molar-refractivity contribution is -0.0498. The monoisotopic (exact) mass is 413 g/mol. The Morgan fingerprint density at radius 2 is 1.87 bits per heavy atom. The van der Waals surface area contributed by atoms with Gasteiger partial charge >= 0.3 is 6.61 Å². The average Bonchev–Trinajstić information content (AvgIpc) is 2.71. The van der Waals surface area contributed by atoms with Crippen molar-refractivity contribution in [2.45, 2.75) is 6.61 Å². The van der Waals surface area contributed by atoms with Crippen molar-refractivity contribution in [2.24, 2.45) is 4.99 Å². The number of carbonyl (C=O) groups is 1. The van der Waals surface area contributed by atoms with Crippen LogP contribution in [0.2, 0.25) is 0 Å². The highest BCUT2D eigenvalue weighted by Crippen LogP contribution is 2.27. The summed E-state index contributed by atoms with van der Waals surface area (Å²) in [4.78, 5) is 28.6. The summed E-state index contributed by atoms with van der Waals surface area (Å²) >= 11 is 0. The minimum Gasteiger partial charge on any atom is -0.435 e. The molecule has 0 saturated carbocycles. The molecule has 3 aromatic rings. The van der Waals surface area contributed by atoms with E-state index in [4.69, 9.17) is 11.5 Å². The molecule has 8 nitrogen and oxygen atoms in total. The van der Waals surface area contributed by atoms with Crippen LogP contribution < -0.4 is 21.8 Å². The maximum absolute atomic E-state index is 13.2. The van der Waals surface area contributed by atoms with Gasteiger partial charge in [-0.05, 0) is 35.9 Å². The number of rotatable bonds is 6. The van der Waals surface area contributed by atoms with Crippen LogP contribution in [0.1, 0.15) is 16.1 Å². The molecule has 0 aliphatic carbocycles. The number of hydrogen-bond donors (Lipinski definition) is 2. The number of aromatic nitrogens is 2. The third kappa shape index (κ3) is 4.02. The number of nitrogen functional groups attached to an aromatic ring is 2. The zero-order chi connectivity index (χ0) is 21.8.